The summed E-state index contributed by atoms with van der Waals surface area (Å²) in [5, 5.41) is 10.1. The summed E-state index contributed by atoms with van der Waals surface area (Å²) in [7, 11) is 0. The van der Waals surface area contributed by atoms with Gasteiger partial charge >= 0.3 is 11.7 Å². The van der Waals surface area contributed by atoms with Crippen molar-refractivity contribution in [3.8, 4) is 0 Å². The molecule has 0 saturated carbocycles. The van der Waals surface area contributed by atoms with Crippen molar-refractivity contribution in [2.75, 3.05) is 0 Å². The van der Waals surface area contributed by atoms with Gasteiger partial charge in [0.25, 0.3) is 10.8 Å². The molecule has 10 nitrogen and oxygen atoms in total. The van der Waals surface area contributed by atoms with Crippen LogP contribution in [-0.4, -0.2) is 35.2 Å². The van der Waals surface area contributed by atoms with Crippen LogP contribution in [0.2, 0.25) is 5.02 Å². The predicted octanol–water partition coefficient (Wildman–Crippen LogP) is 3.74. The van der Waals surface area contributed by atoms with Crippen LogP contribution in [-0.2, 0) is 18.8 Å². The molecule has 0 aliphatic rings. The van der Waals surface area contributed by atoms with Gasteiger partial charge in [0.05, 0.1) is 17.9 Å². The van der Waals surface area contributed by atoms with E-state index in [0.717, 1.165) is 5.56 Å². The van der Waals surface area contributed by atoms with Crippen molar-refractivity contribution in [3.63, 3.8) is 0 Å². The second-order valence-corrected chi connectivity index (χ2v) is 9.04. The van der Waals surface area contributed by atoms with Crippen LogP contribution < -0.4 is 11.2 Å². The van der Waals surface area contributed by atoms with Crippen molar-refractivity contribution in [1.29, 1.82) is 0 Å². The molecule has 0 atom stereocenters. The van der Waals surface area contributed by atoms with E-state index in [1.165, 1.54) is 28.5 Å². The lowest BCUT2D eigenvalue weighted by Crippen LogP contribution is -2.31. The minimum absolute atomic E-state index is 0.107. The molecule has 3 aromatic heterocycles. The number of thioether (sulfide) groups is 1. The molecule has 0 radical (unpaired) electrons. The number of aromatic nitrogens is 5. The van der Waals surface area contributed by atoms with Gasteiger partial charge in [-0.2, -0.15) is 0 Å². The topological polar surface area (TPSA) is 136 Å². The number of carbonyl (C=O) groups is 1. The van der Waals surface area contributed by atoms with Crippen molar-refractivity contribution < 1.29 is 14.3 Å². The van der Waals surface area contributed by atoms with Gasteiger partial charge in [0.15, 0.2) is 16.7 Å². The summed E-state index contributed by atoms with van der Waals surface area (Å²) in [4.78, 5) is 47.9. The van der Waals surface area contributed by atoms with E-state index >= 15 is 0 Å². The summed E-state index contributed by atoms with van der Waals surface area (Å²) in [6.07, 6.45) is 0. The van der Waals surface area contributed by atoms with Crippen molar-refractivity contribution in [2.24, 2.45) is 0 Å². The highest BCUT2D eigenvalue weighted by Gasteiger charge is 2.19. The number of fused-ring (bicyclic) bond motifs is 2. The number of carboxylic acid groups (broad SMARTS) is 1. The van der Waals surface area contributed by atoms with Gasteiger partial charge in [-0.05, 0) is 42.8 Å². The molecule has 5 rings (SSSR count). The second-order valence-electron chi connectivity index (χ2n) is 7.67. The molecule has 35 heavy (non-hydrogen) atoms. The Hall–Kier alpha value is -3.83. The number of hydrogen-bond donors (Lipinski definition) is 2. The largest absolute Gasteiger partial charge is 0.478 e. The molecule has 3 heterocycles. The maximum absolute atomic E-state index is 12.7. The highest BCUT2D eigenvalue weighted by molar-refractivity contribution is 7.98. The monoisotopic (exact) mass is 511 g/mol. The third kappa shape index (κ3) is 4.35. The summed E-state index contributed by atoms with van der Waals surface area (Å²) in [6, 6.07) is 11.6. The van der Waals surface area contributed by atoms with Gasteiger partial charge in [-0.25, -0.2) is 19.6 Å². The maximum Gasteiger partial charge on any atom is 0.335 e. The first-order chi connectivity index (χ1) is 16.8. The van der Waals surface area contributed by atoms with E-state index in [0.29, 0.717) is 45.0 Å². The van der Waals surface area contributed by atoms with Crippen LogP contribution in [0.25, 0.3) is 22.3 Å². The zero-order valence-corrected chi connectivity index (χ0v) is 19.9. The number of aryl methyl sites for hydroxylation is 1. The minimum atomic E-state index is -1.05. The highest BCUT2D eigenvalue weighted by atomic mass is 35.5. The molecular formula is C23H18ClN5O5S. The number of aromatic carboxylic acids is 1. The second kappa shape index (κ2) is 9.08. The normalized spacial score (nSPS) is 11.5. The number of aromatic amines is 1. The third-order valence-corrected chi connectivity index (χ3v) is 6.55. The molecule has 0 amide bonds. The van der Waals surface area contributed by atoms with E-state index < -0.39 is 17.2 Å². The first kappa shape index (κ1) is 22.9. The molecule has 2 N–H and O–H groups in total. The van der Waals surface area contributed by atoms with Crippen molar-refractivity contribution >= 4 is 51.6 Å². The van der Waals surface area contributed by atoms with Gasteiger partial charge in [0.2, 0.25) is 0 Å². The fourth-order valence-electron chi connectivity index (χ4n) is 3.81. The molecule has 0 aliphatic heterocycles. The molecule has 0 aliphatic carbocycles. The van der Waals surface area contributed by atoms with Gasteiger partial charge in [-0.3, -0.25) is 14.3 Å². The molecular weight excluding hydrogens is 494 g/mol. The van der Waals surface area contributed by atoms with E-state index in [1.54, 1.807) is 22.8 Å². The van der Waals surface area contributed by atoms with Crippen LogP contribution in [0.3, 0.4) is 0 Å². The number of nitrogens with zero attached hydrogens (tertiary/aromatic N) is 4. The van der Waals surface area contributed by atoms with E-state index in [9.17, 15) is 14.4 Å². The lowest BCUT2D eigenvalue weighted by Gasteiger charge is -2.07. The Kier molecular flexibility index (Phi) is 5.95. The minimum Gasteiger partial charge on any atom is -0.478 e. The average Bonchev–Trinajstić information content (AvgIpc) is 3.42. The van der Waals surface area contributed by atoms with Gasteiger partial charge < -0.3 is 14.1 Å². The maximum atomic E-state index is 12.7. The molecule has 0 bridgehead atoms. The van der Waals surface area contributed by atoms with Crippen molar-refractivity contribution in [3.05, 3.63) is 85.3 Å². The highest BCUT2D eigenvalue weighted by Crippen LogP contribution is 2.27. The number of H-pyrrole nitrogens is 1. The van der Waals surface area contributed by atoms with Crippen LogP contribution in [0.4, 0.5) is 0 Å². The Morgan fingerprint density at radius 3 is 2.63 bits per heavy atom. The lowest BCUT2D eigenvalue weighted by atomic mass is 10.2. The van der Waals surface area contributed by atoms with E-state index in [2.05, 4.69) is 15.0 Å². The number of imidazole rings is 1. The number of oxazole rings is 1. The molecule has 0 spiro atoms. The lowest BCUT2D eigenvalue weighted by molar-refractivity contribution is 0.0697. The molecule has 0 unspecified atom stereocenters. The van der Waals surface area contributed by atoms with Crippen molar-refractivity contribution in [2.45, 2.75) is 31.0 Å². The molecule has 0 saturated heterocycles. The Labute approximate surface area is 206 Å². The average molecular weight is 512 g/mol. The fourth-order valence-corrected chi connectivity index (χ4v) is 4.72. The van der Waals surface area contributed by atoms with E-state index in [4.69, 9.17) is 21.1 Å². The smallest absolute Gasteiger partial charge is 0.335 e. The fraction of sp³-hybridized carbons (Fsp3) is 0.174. The number of nitrogens with one attached hydrogen (secondary N) is 1. The Morgan fingerprint density at radius 2 is 1.91 bits per heavy atom. The molecule has 2 aromatic carbocycles. The SMILES string of the molecule is CCn1c(CSc2nc3ccc(C(=O)O)cc3o2)nc2c1c(=O)[nH]c(=O)n2Cc1ccc(Cl)cc1. The zero-order valence-electron chi connectivity index (χ0n) is 18.3. The van der Waals surface area contributed by atoms with Crippen LogP contribution in [0.1, 0.15) is 28.7 Å². The van der Waals surface area contributed by atoms with Gasteiger partial charge in [-0.15, -0.1) is 0 Å². The Morgan fingerprint density at radius 1 is 1.14 bits per heavy atom. The van der Waals surface area contributed by atoms with E-state index in [1.807, 2.05) is 19.1 Å². The number of hydrogen-bond acceptors (Lipinski definition) is 7. The van der Waals surface area contributed by atoms with Gasteiger partial charge in [0.1, 0.15) is 11.3 Å². The number of rotatable bonds is 7. The first-order valence-electron chi connectivity index (χ1n) is 10.6. The first-order valence-corrected chi connectivity index (χ1v) is 11.9. The summed E-state index contributed by atoms with van der Waals surface area (Å²) in [5.74, 6) is -0.165. The Bertz CT molecular complexity index is 1700. The summed E-state index contributed by atoms with van der Waals surface area (Å²) >= 11 is 7.22. The summed E-state index contributed by atoms with van der Waals surface area (Å²) in [5.41, 5.74) is 1.38. The number of halogens is 1. The van der Waals surface area contributed by atoms with Gasteiger partial charge in [0, 0.05) is 11.6 Å². The predicted molar refractivity (Wildman–Crippen MR) is 131 cm³/mol. The molecule has 0 fully saturated rings. The molecule has 5 aromatic rings. The summed E-state index contributed by atoms with van der Waals surface area (Å²) < 4.78 is 8.88. The quantitative estimate of drug-likeness (QED) is 0.315. The van der Waals surface area contributed by atoms with Crippen LogP contribution in [0.15, 0.2) is 61.7 Å². The van der Waals surface area contributed by atoms with Crippen molar-refractivity contribution in [1.82, 2.24) is 24.1 Å². The standard InChI is InChI=1S/C23H18ClN5O5S/c1-2-28-17(11-35-23-25-15-8-5-13(21(31)32)9-16(15)34-23)26-19-18(28)20(30)27-22(33)29(19)10-12-3-6-14(24)7-4-12/h3-9H,2,10-11H2,1H3,(H,31,32)(H,27,30,33). The number of carboxylic acids is 1. The molecule has 12 heteroatoms. The Balaban J connectivity index is 1.50. The van der Waals surface area contributed by atoms with Crippen LogP contribution in [0.5, 0.6) is 0 Å². The third-order valence-electron chi connectivity index (χ3n) is 5.48. The number of benzene rings is 2. The van der Waals surface area contributed by atoms with Crippen LogP contribution >= 0.6 is 23.4 Å². The van der Waals surface area contributed by atoms with Gasteiger partial charge in [-0.1, -0.05) is 35.5 Å². The van der Waals surface area contributed by atoms with Crippen LogP contribution in [0, 0.1) is 0 Å². The zero-order chi connectivity index (χ0) is 24.7. The summed E-state index contributed by atoms with van der Waals surface area (Å²) in [6.45, 7) is 2.56. The molecule has 178 valence electrons. The van der Waals surface area contributed by atoms with E-state index in [-0.39, 0.29) is 17.8 Å².